The molecule has 2 aliphatic rings. The average molecular weight is 387 g/mol. The van der Waals surface area contributed by atoms with E-state index in [1.165, 1.54) is 0 Å². The summed E-state index contributed by atoms with van der Waals surface area (Å²) in [7, 11) is 0. The molecule has 0 aromatic heterocycles. The van der Waals surface area contributed by atoms with Crippen LogP contribution in [0.25, 0.3) is 0 Å². The zero-order valence-corrected chi connectivity index (χ0v) is 15.0. The molecule has 2 unspecified atom stereocenters. The number of ketones is 1. The molecule has 0 amide bonds. The number of rotatable bonds is 9. The molecular formula is C18H27O9-. The van der Waals surface area contributed by atoms with Crippen LogP contribution >= 0.6 is 0 Å². The van der Waals surface area contributed by atoms with Gasteiger partial charge in [-0.1, -0.05) is 12.2 Å². The van der Waals surface area contributed by atoms with Crippen LogP contribution < -0.4 is 5.11 Å². The predicted octanol–water partition coefficient (Wildman–Crippen LogP) is -2.13. The third-order valence-electron chi connectivity index (χ3n) is 5.14. The van der Waals surface area contributed by atoms with Gasteiger partial charge < -0.3 is 39.8 Å². The van der Waals surface area contributed by atoms with Gasteiger partial charge in [0.25, 0.3) is 0 Å². The molecule has 154 valence electrons. The number of ether oxygens (including phenoxy) is 2. The molecule has 0 bridgehead atoms. The second kappa shape index (κ2) is 10.3. The number of carbonyl (C=O) groups is 2. The summed E-state index contributed by atoms with van der Waals surface area (Å²) in [5, 5.41) is 49.1. The number of aliphatic carboxylic acids is 1. The maximum absolute atomic E-state index is 11.9. The average Bonchev–Trinajstić information content (AvgIpc) is 2.96. The summed E-state index contributed by atoms with van der Waals surface area (Å²) in [4.78, 5) is 22.6. The molecule has 2 fully saturated rings. The molecule has 1 aliphatic heterocycles. The Morgan fingerprint density at radius 1 is 1.22 bits per heavy atom. The summed E-state index contributed by atoms with van der Waals surface area (Å²) < 4.78 is 10.6. The number of allylic oxidation sites excluding steroid dienone is 1. The summed E-state index contributed by atoms with van der Waals surface area (Å²) >= 11 is 0. The summed E-state index contributed by atoms with van der Waals surface area (Å²) in [6, 6.07) is 0. The fourth-order valence-corrected chi connectivity index (χ4v) is 3.58. The van der Waals surface area contributed by atoms with Gasteiger partial charge in [-0.3, -0.25) is 4.79 Å². The van der Waals surface area contributed by atoms with Crippen LogP contribution in [0.4, 0.5) is 0 Å². The van der Waals surface area contributed by atoms with E-state index in [1.54, 1.807) is 12.2 Å². The number of carboxylic acid groups (broad SMARTS) is 1. The molecule has 7 atom stereocenters. The quantitative estimate of drug-likeness (QED) is 0.256. The second-order valence-electron chi connectivity index (χ2n) is 7.01. The molecule has 4 N–H and O–H groups in total. The monoisotopic (exact) mass is 387 g/mol. The number of aliphatic hydroxyl groups excluding tert-OH is 4. The maximum atomic E-state index is 11.9. The first-order valence-corrected chi connectivity index (χ1v) is 9.14. The highest BCUT2D eigenvalue weighted by Gasteiger charge is 2.43. The topological polar surface area (TPSA) is 157 Å². The van der Waals surface area contributed by atoms with Crippen molar-refractivity contribution in [3.05, 3.63) is 12.2 Å². The first-order chi connectivity index (χ1) is 12.8. The zero-order chi connectivity index (χ0) is 20.0. The Morgan fingerprint density at radius 2 is 1.96 bits per heavy atom. The van der Waals surface area contributed by atoms with Crippen LogP contribution in [0.2, 0.25) is 0 Å². The minimum atomic E-state index is -1.48. The van der Waals surface area contributed by atoms with E-state index in [0.29, 0.717) is 25.7 Å². The Balaban J connectivity index is 1.73. The molecule has 1 saturated heterocycles. The Morgan fingerprint density at radius 3 is 2.63 bits per heavy atom. The van der Waals surface area contributed by atoms with Crippen molar-refractivity contribution in [1.29, 1.82) is 0 Å². The summed E-state index contributed by atoms with van der Waals surface area (Å²) in [6.45, 7) is -0.368. The third-order valence-corrected chi connectivity index (χ3v) is 5.14. The van der Waals surface area contributed by atoms with Gasteiger partial charge in [-0.05, 0) is 31.6 Å². The maximum Gasteiger partial charge on any atom is 0.186 e. The van der Waals surface area contributed by atoms with E-state index in [2.05, 4.69) is 0 Å². The highest BCUT2D eigenvalue weighted by Crippen LogP contribution is 2.33. The van der Waals surface area contributed by atoms with E-state index in [1.807, 2.05) is 0 Å². The lowest BCUT2D eigenvalue weighted by molar-refractivity contribution is -0.307. The van der Waals surface area contributed by atoms with Crippen LogP contribution in [-0.2, 0) is 19.1 Å². The van der Waals surface area contributed by atoms with Crippen LogP contribution in [0.3, 0.4) is 0 Å². The number of hydrogen-bond acceptors (Lipinski definition) is 9. The Labute approximate surface area is 157 Å². The van der Waals surface area contributed by atoms with Crippen LogP contribution in [0.1, 0.15) is 32.1 Å². The van der Waals surface area contributed by atoms with Crippen LogP contribution in [0, 0.1) is 11.8 Å². The van der Waals surface area contributed by atoms with E-state index < -0.39 is 43.3 Å². The molecule has 2 rings (SSSR count). The summed E-state index contributed by atoms with van der Waals surface area (Å²) in [6.07, 6.45) is -1.18. The number of hydrogen-bond donors (Lipinski definition) is 4. The number of Topliss-reactive ketones (excluding diaryl/α,β-unsaturated/α-hetero) is 1. The Bertz CT molecular complexity index is 533. The van der Waals surface area contributed by atoms with Gasteiger partial charge in [0.2, 0.25) is 0 Å². The lowest BCUT2D eigenvalue weighted by atomic mass is 9.89. The van der Waals surface area contributed by atoms with Gasteiger partial charge in [-0.2, -0.15) is 0 Å². The summed E-state index contributed by atoms with van der Waals surface area (Å²) in [5.41, 5.74) is 0. The van der Waals surface area contributed by atoms with Crippen LogP contribution in [0.15, 0.2) is 12.2 Å². The standard InChI is InChI=1S/C18H28O9/c19-9-13-15(23)16(24)17(25)18(27-13)26-7-3-1-2-4-11-10(8-14(21)22)5-6-12(11)20/h1-2,10-11,13,15-19,23-25H,3-9H2,(H,21,22)/p-1/b2-1-/t10?,11?,13-,15-,16+,17-,18-/m1/s1. The van der Waals surface area contributed by atoms with E-state index in [-0.39, 0.29) is 30.6 Å². The number of carboxylic acids is 1. The Hall–Kier alpha value is -1.36. The molecule has 1 saturated carbocycles. The highest BCUT2D eigenvalue weighted by molar-refractivity contribution is 5.84. The van der Waals surface area contributed by atoms with Crippen LogP contribution in [-0.4, -0.2) is 76.1 Å². The molecule has 9 nitrogen and oxygen atoms in total. The molecular weight excluding hydrogens is 360 g/mol. The molecule has 27 heavy (non-hydrogen) atoms. The lowest BCUT2D eigenvalue weighted by Crippen LogP contribution is -2.59. The van der Waals surface area contributed by atoms with Crippen molar-refractivity contribution >= 4 is 11.8 Å². The van der Waals surface area contributed by atoms with Crippen LogP contribution in [0.5, 0.6) is 0 Å². The van der Waals surface area contributed by atoms with Crippen molar-refractivity contribution in [3.63, 3.8) is 0 Å². The molecule has 1 heterocycles. The fourth-order valence-electron chi connectivity index (χ4n) is 3.58. The third kappa shape index (κ3) is 5.81. The normalized spacial score (nSPS) is 37.2. The van der Waals surface area contributed by atoms with Crippen molar-refractivity contribution in [2.24, 2.45) is 11.8 Å². The van der Waals surface area contributed by atoms with Crippen molar-refractivity contribution in [3.8, 4) is 0 Å². The van der Waals surface area contributed by atoms with Crippen molar-refractivity contribution in [2.45, 2.75) is 62.8 Å². The number of aliphatic hydroxyl groups is 4. The van der Waals surface area contributed by atoms with Gasteiger partial charge in [-0.25, -0.2) is 0 Å². The van der Waals surface area contributed by atoms with Gasteiger partial charge >= 0.3 is 0 Å². The molecule has 0 radical (unpaired) electrons. The van der Waals surface area contributed by atoms with Gasteiger partial charge in [0, 0.05) is 18.3 Å². The lowest BCUT2D eigenvalue weighted by Gasteiger charge is -2.39. The first-order valence-electron chi connectivity index (χ1n) is 9.14. The largest absolute Gasteiger partial charge is 0.550 e. The minimum Gasteiger partial charge on any atom is -0.550 e. The van der Waals surface area contributed by atoms with Gasteiger partial charge in [-0.15, -0.1) is 0 Å². The zero-order valence-electron chi connectivity index (χ0n) is 15.0. The number of carbonyl (C=O) groups excluding carboxylic acids is 2. The molecule has 1 aliphatic carbocycles. The Kier molecular flexibility index (Phi) is 8.33. The van der Waals surface area contributed by atoms with E-state index in [9.17, 15) is 30.0 Å². The first kappa shape index (κ1) is 21.9. The SMILES string of the molecule is O=C([O-])CC1CCC(=O)C1C/C=C\CCO[C@@H]1O[C@H](CO)[C@@H](O)[C@H](O)[C@H]1O. The predicted molar refractivity (Wildman–Crippen MR) is 88.9 cm³/mol. The smallest absolute Gasteiger partial charge is 0.186 e. The van der Waals surface area contributed by atoms with E-state index >= 15 is 0 Å². The van der Waals surface area contributed by atoms with Gasteiger partial charge in [0.05, 0.1) is 13.2 Å². The van der Waals surface area contributed by atoms with E-state index in [4.69, 9.17) is 14.6 Å². The van der Waals surface area contributed by atoms with E-state index in [0.717, 1.165) is 0 Å². The molecule has 0 spiro atoms. The van der Waals surface area contributed by atoms with Crippen molar-refractivity contribution < 1.29 is 44.6 Å². The van der Waals surface area contributed by atoms with Crippen molar-refractivity contribution in [1.82, 2.24) is 0 Å². The van der Waals surface area contributed by atoms with Crippen molar-refractivity contribution in [2.75, 3.05) is 13.2 Å². The molecule has 0 aromatic carbocycles. The molecule has 0 aromatic rings. The van der Waals surface area contributed by atoms with Gasteiger partial charge in [0.15, 0.2) is 6.29 Å². The van der Waals surface area contributed by atoms with Gasteiger partial charge in [0.1, 0.15) is 30.2 Å². The second-order valence-corrected chi connectivity index (χ2v) is 7.01. The highest BCUT2D eigenvalue weighted by atomic mass is 16.7. The fraction of sp³-hybridized carbons (Fsp3) is 0.778. The summed E-state index contributed by atoms with van der Waals surface area (Å²) in [5.74, 6) is -1.55. The minimum absolute atomic E-state index is 0.0727. The molecule has 9 heteroatoms.